The van der Waals surface area contributed by atoms with Crippen LogP contribution in [0.15, 0.2) is 60.9 Å². The van der Waals surface area contributed by atoms with Crippen molar-refractivity contribution in [2.75, 3.05) is 18.9 Å². The van der Waals surface area contributed by atoms with E-state index >= 15 is 0 Å². The molecule has 2 aromatic carbocycles. The fourth-order valence-electron chi connectivity index (χ4n) is 4.08. The molecular weight excluding hydrogens is 432 g/mol. The molecule has 4 aromatic rings. The van der Waals surface area contributed by atoms with Crippen LogP contribution >= 0.6 is 0 Å². The number of para-hydroxylation sites is 1. The highest BCUT2D eigenvalue weighted by Gasteiger charge is 2.20. The van der Waals surface area contributed by atoms with Crippen molar-refractivity contribution in [2.24, 2.45) is 0 Å². The Morgan fingerprint density at radius 1 is 1.12 bits per heavy atom. The number of hydrogen-bond acceptors (Lipinski definition) is 7. The number of aromatic nitrogens is 4. The van der Waals surface area contributed by atoms with Gasteiger partial charge in [0.1, 0.15) is 29.3 Å². The van der Waals surface area contributed by atoms with Crippen LogP contribution in [0.1, 0.15) is 19.3 Å². The highest BCUT2D eigenvalue weighted by atomic mass is 16.5. The number of nitrogens with two attached hydrogens (primary N) is 1. The summed E-state index contributed by atoms with van der Waals surface area (Å²) in [6.07, 6.45) is 3.79. The van der Waals surface area contributed by atoms with Crippen LogP contribution in [0.25, 0.3) is 22.3 Å². The second-order valence-corrected chi connectivity index (χ2v) is 8.16. The number of anilines is 1. The van der Waals surface area contributed by atoms with Gasteiger partial charge in [-0.25, -0.2) is 14.6 Å². The highest BCUT2D eigenvalue weighted by Crippen LogP contribution is 2.31. The Morgan fingerprint density at radius 2 is 1.91 bits per heavy atom. The Hall–Kier alpha value is -3.98. The molecule has 1 saturated heterocycles. The van der Waals surface area contributed by atoms with E-state index < -0.39 is 0 Å². The highest BCUT2D eigenvalue weighted by molar-refractivity contribution is 5.98. The van der Waals surface area contributed by atoms with Crippen LogP contribution in [0.2, 0.25) is 0 Å². The van der Waals surface area contributed by atoms with E-state index in [9.17, 15) is 4.79 Å². The van der Waals surface area contributed by atoms with Crippen LogP contribution in [-0.2, 0) is 16.1 Å². The van der Waals surface area contributed by atoms with Gasteiger partial charge < -0.3 is 20.5 Å². The monoisotopic (exact) mass is 458 g/mol. The summed E-state index contributed by atoms with van der Waals surface area (Å²) >= 11 is 0. The van der Waals surface area contributed by atoms with Gasteiger partial charge in [-0.15, -0.1) is 0 Å². The lowest BCUT2D eigenvalue weighted by molar-refractivity contribution is -0.123. The minimum Gasteiger partial charge on any atom is -0.457 e. The largest absolute Gasteiger partial charge is 0.457 e. The van der Waals surface area contributed by atoms with Gasteiger partial charge in [0.15, 0.2) is 5.65 Å². The van der Waals surface area contributed by atoms with Crippen LogP contribution in [0.5, 0.6) is 11.5 Å². The molecule has 0 spiro atoms. The smallest absolute Gasteiger partial charge is 0.222 e. The van der Waals surface area contributed by atoms with E-state index in [0.29, 0.717) is 42.1 Å². The summed E-state index contributed by atoms with van der Waals surface area (Å²) < 4.78 is 13.2. The number of nitrogens with zero attached hydrogens (tertiary/aromatic N) is 4. The number of benzene rings is 2. The summed E-state index contributed by atoms with van der Waals surface area (Å²) in [5.41, 5.74) is 8.37. The molecule has 5 rings (SSSR count). The molecule has 174 valence electrons. The van der Waals surface area contributed by atoms with Crippen molar-refractivity contribution in [3.63, 3.8) is 0 Å². The van der Waals surface area contributed by atoms with Gasteiger partial charge in [0.2, 0.25) is 5.91 Å². The molecule has 1 aliphatic heterocycles. The van der Waals surface area contributed by atoms with E-state index in [2.05, 4.69) is 15.3 Å². The van der Waals surface area contributed by atoms with Crippen molar-refractivity contribution < 1.29 is 14.3 Å². The summed E-state index contributed by atoms with van der Waals surface area (Å²) in [7, 11) is 0. The Labute approximate surface area is 196 Å². The third-order valence-electron chi connectivity index (χ3n) is 5.75. The molecule has 3 N–H and O–H groups in total. The molecule has 9 nitrogen and oxygen atoms in total. The maximum atomic E-state index is 12.2. The van der Waals surface area contributed by atoms with Crippen molar-refractivity contribution in [1.29, 1.82) is 0 Å². The molecule has 1 amide bonds. The molecule has 0 bridgehead atoms. The van der Waals surface area contributed by atoms with Gasteiger partial charge >= 0.3 is 0 Å². The summed E-state index contributed by atoms with van der Waals surface area (Å²) in [6, 6.07) is 17.2. The second-order valence-electron chi connectivity index (χ2n) is 8.16. The zero-order valence-corrected chi connectivity index (χ0v) is 18.7. The lowest BCUT2D eigenvalue weighted by Gasteiger charge is -2.10. The summed E-state index contributed by atoms with van der Waals surface area (Å²) in [6.45, 7) is 1.62. The fourth-order valence-corrected chi connectivity index (χ4v) is 4.08. The minimum absolute atomic E-state index is 0.0215. The summed E-state index contributed by atoms with van der Waals surface area (Å²) in [5.74, 6) is 1.83. The molecule has 1 atom stereocenters. The number of carbonyl (C=O) groups is 1. The van der Waals surface area contributed by atoms with Crippen molar-refractivity contribution in [1.82, 2.24) is 25.1 Å². The molecular formula is C25H26N6O3. The van der Waals surface area contributed by atoms with Crippen LogP contribution in [-0.4, -0.2) is 44.9 Å². The third-order valence-corrected chi connectivity index (χ3v) is 5.75. The minimum atomic E-state index is -0.0215. The van der Waals surface area contributed by atoms with Crippen LogP contribution in [0, 0.1) is 0 Å². The molecule has 2 aromatic heterocycles. The Bertz CT molecular complexity index is 1270. The van der Waals surface area contributed by atoms with Gasteiger partial charge in [-0.1, -0.05) is 18.2 Å². The quantitative estimate of drug-likeness (QED) is 0.415. The number of nitrogen functional groups attached to an aromatic ring is 1. The SMILES string of the molecule is Nc1ncnc2c1c(-c1ccc(Oc3ccccc3)cc1)nn2CCNC(=O)CC1CCCO1. The van der Waals surface area contributed by atoms with E-state index in [1.807, 2.05) is 54.6 Å². The number of rotatable bonds is 8. The Kier molecular flexibility index (Phi) is 6.35. The standard InChI is InChI=1S/C25H26N6O3/c26-24-22-23(17-8-10-19(11-9-17)34-18-5-2-1-3-6-18)30-31(25(22)29-16-28-24)13-12-27-21(32)15-20-7-4-14-33-20/h1-3,5-6,8-11,16,20H,4,7,12-15H2,(H,27,32)(H2,26,28,29). The van der Waals surface area contributed by atoms with Gasteiger partial charge in [-0.2, -0.15) is 5.10 Å². The lowest BCUT2D eigenvalue weighted by atomic mass is 10.1. The van der Waals surface area contributed by atoms with E-state index in [1.54, 1.807) is 4.68 Å². The van der Waals surface area contributed by atoms with Gasteiger partial charge in [0, 0.05) is 18.7 Å². The third kappa shape index (κ3) is 4.84. The van der Waals surface area contributed by atoms with Crippen molar-refractivity contribution in [3.05, 3.63) is 60.9 Å². The normalized spacial score (nSPS) is 15.5. The number of hydrogen-bond donors (Lipinski definition) is 2. The van der Waals surface area contributed by atoms with Gasteiger partial charge in [0.05, 0.1) is 24.5 Å². The van der Waals surface area contributed by atoms with E-state index in [-0.39, 0.29) is 12.0 Å². The molecule has 1 unspecified atom stereocenters. The maximum absolute atomic E-state index is 12.2. The van der Waals surface area contributed by atoms with E-state index in [0.717, 1.165) is 36.5 Å². The van der Waals surface area contributed by atoms with E-state index in [4.69, 9.17) is 20.3 Å². The fraction of sp³-hybridized carbons (Fsp3) is 0.280. The molecule has 1 fully saturated rings. The Balaban J connectivity index is 1.32. The first kappa shape index (κ1) is 21.8. The molecule has 0 aliphatic carbocycles. The van der Waals surface area contributed by atoms with E-state index in [1.165, 1.54) is 6.33 Å². The van der Waals surface area contributed by atoms with Crippen molar-refractivity contribution >= 4 is 22.8 Å². The van der Waals surface area contributed by atoms with Crippen molar-refractivity contribution in [3.8, 4) is 22.8 Å². The maximum Gasteiger partial charge on any atom is 0.222 e. The molecule has 1 aliphatic rings. The number of nitrogens with one attached hydrogen (secondary N) is 1. The van der Waals surface area contributed by atoms with Gasteiger partial charge in [0.25, 0.3) is 0 Å². The molecule has 9 heteroatoms. The average molecular weight is 459 g/mol. The molecule has 0 radical (unpaired) electrons. The summed E-state index contributed by atoms with van der Waals surface area (Å²) in [4.78, 5) is 20.8. The lowest BCUT2D eigenvalue weighted by Crippen LogP contribution is -2.30. The topological polar surface area (TPSA) is 117 Å². The average Bonchev–Trinajstić information content (AvgIpc) is 3.49. The predicted molar refractivity (Wildman–Crippen MR) is 128 cm³/mol. The first-order valence-electron chi connectivity index (χ1n) is 11.4. The molecule has 0 saturated carbocycles. The van der Waals surface area contributed by atoms with Crippen LogP contribution in [0.4, 0.5) is 5.82 Å². The predicted octanol–water partition coefficient (Wildman–Crippen LogP) is 3.55. The molecule has 34 heavy (non-hydrogen) atoms. The number of carbonyl (C=O) groups excluding carboxylic acids is 1. The van der Waals surface area contributed by atoms with Gasteiger partial charge in [-0.3, -0.25) is 4.79 Å². The Morgan fingerprint density at radius 3 is 2.68 bits per heavy atom. The zero-order valence-electron chi connectivity index (χ0n) is 18.7. The first-order chi connectivity index (χ1) is 16.7. The first-order valence-corrected chi connectivity index (χ1v) is 11.4. The number of ether oxygens (including phenoxy) is 2. The van der Waals surface area contributed by atoms with Gasteiger partial charge in [-0.05, 0) is 49.2 Å². The van der Waals surface area contributed by atoms with Crippen molar-refractivity contribution in [2.45, 2.75) is 31.9 Å². The number of amides is 1. The zero-order chi connectivity index (χ0) is 23.3. The summed E-state index contributed by atoms with van der Waals surface area (Å²) in [5, 5.41) is 8.38. The van der Waals surface area contributed by atoms with Crippen LogP contribution < -0.4 is 15.8 Å². The van der Waals surface area contributed by atoms with Crippen LogP contribution in [0.3, 0.4) is 0 Å². The number of fused-ring (bicyclic) bond motifs is 1. The molecule has 3 heterocycles. The second kappa shape index (κ2) is 9.88.